The van der Waals surface area contributed by atoms with Crippen LogP contribution in [0, 0.1) is 0 Å². The first-order chi connectivity index (χ1) is 13.1. The number of fused-ring (bicyclic) bond motifs is 1. The Morgan fingerprint density at radius 2 is 1.96 bits per heavy atom. The van der Waals surface area contributed by atoms with Crippen LogP contribution < -0.4 is 4.90 Å². The largest absolute Gasteiger partial charge is 0.310 e. The van der Waals surface area contributed by atoms with Crippen molar-refractivity contribution >= 4 is 46.7 Å². The molecule has 0 radical (unpaired) electrons. The van der Waals surface area contributed by atoms with Crippen molar-refractivity contribution in [3.8, 4) is 11.4 Å². The molecule has 0 spiro atoms. The summed E-state index contributed by atoms with van der Waals surface area (Å²) < 4.78 is 1.87. The lowest BCUT2D eigenvalue weighted by molar-refractivity contribution is -0.116. The molecule has 3 aromatic rings. The fourth-order valence-electron chi connectivity index (χ4n) is 2.95. The van der Waals surface area contributed by atoms with Crippen molar-refractivity contribution in [2.45, 2.75) is 10.1 Å². The number of hydrogen-bond acceptors (Lipinski definition) is 5. The van der Waals surface area contributed by atoms with Crippen molar-refractivity contribution in [2.75, 3.05) is 23.0 Å². The lowest BCUT2D eigenvalue weighted by Gasteiger charge is -2.28. The summed E-state index contributed by atoms with van der Waals surface area (Å²) in [6.07, 6.45) is 0. The second-order valence-corrected chi connectivity index (χ2v) is 8.48. The number of para-hydroxylation sites is 1. The van der Waals surface area contributed by atoms with E-state index in [4.69, 9.17) is 11.6 Å². The van der Waals surface area contributed by atoms with E-state index < -0.39 is 0 Å². The topological polar surface area (TPSA) is 51.0 Å². The van der Waals surface area contributed by atoms with Crippen LogP contribution in [0.2, 0.25) is 5.02 Å². The van der Waals surface area contributed by atoms with Crippen molar-refractivity contribution in [3.63, 3.8) is 0 Å². The number of amides is 1. The van der Waals surface area contributed by atoms with Gasteiger partial charge in [-0.15, -0.1) is 22.0 Å². The Morgan fingerprint density at radius 1 is 1.19 bits per heavy atom. The summed E-state index contributed by atoms with van der Waals surface area (Å²) >= 11 is 9.45. The van der Waals surface area contributed by atoms with Crippen molar-refractivity contribution in [2.24, 2.45) is 7.05 Å². The van der Waals surface area contributed by atoms with Crippen LogP contribution in [0.4, 0.5) is 5.69 Å². The molecule has 138 valence electrons. The molecule has 27 heavy (non-hydrogen) atoms. The smallest absolute Gasteiger partial charge is 0.237 e. The molecule has 8 heteroatoms. The van der Waals surface area contributed by atoms with Gasteiger partial charge in [0.2, 0.25) is 5.91 Å². The molecule has 5 nitrogen and oxygen atoms in total. The SMILES string of the molecule is Cn1c(SCC(=O)N2CCSc3ccccc32)nnc1-c1ccccc1Cl. The molecule has 0 saturated carbocycles. The maximum absolute atomic E-state index is 12.8. The van der Waals surface area contributed by atoms with Gasteiger partial charge in [0.1, 0.15) is 0 Å². The molecule has 1 aliphatic heterocycles. The summed E-state index contributed by atoms with van der Waals surface area (Å²) in [6.45, 7) is 0.727. The van der Waals surface area contributed by atoms with E-state index in [1.165, 1.54) is 11.8 Å². The number of carbonyl (C=O) groups excluding carboxylic acids is 1. The second-order valence-electron chi connectivity index (χ2n) is 6.00. The van der Waals surface area contributed by atoms with Crippen LogP contribution in [0.5, 0.6) is 0 Å². The van der Waals surface area contributed by atoms with E-state index in [1.807, 2.05) is 59.0 Å². The van der Waals surface area contributed by atoms with E-state index in [9.17, 15) is 4.79 Å². The van der Waals surface area contributed by atoms with Gasteiger partial charge in [-0.1, -0.05) is 47.6 Å². The minimum absolute atomic E-state index is 0.0787. The highest BCUT2D eigenvalue weighted by Gasteiger charge is 2.23. The Hall–Kier alpha value is -1.96. The van der Waals surface area contributed by atoms with E-state index in [0.717, 1.165) is 28.4 Å². The highest BCUT2D eigenvalue weighted by Crippen LogP contribution is 2.35. The quantitative estimate of drug-likeness (QED) is 0.591. The zero-order valence-corrected chi connectivity index (χ0v) is 17.0. The van der Waals surface area contributed by atoms with Crippen LogP contribution in [0.25, 0.3) is 11.4 Å². The number of thioether (sulfide) groups is 2. The average Bonchev–Trinajstić information content (AvgIpc) is 3.06. The molecule has 2 aromatic carbocycles. The molecule has 4 rings (SSSR count). The van der Waals surface area contributed by atoms with E-state index >= 15 is 0 Å². The van der Waals surface area contributed by atoms with Crippen LogP contribution >= 0.6 is 35.1 Å². The molecule has 0 bridgehead atoms. The number of carbonyl (C=O) groups is 1. The Kier molecular flexibility index (Phi) is 5.43. The molecule has 1 aliphatic rings. The fourth-order valence-corrected chi connectivity index (χ4v) is 4.95. The molecular weight excluding hydrogens is 400 g/mol. The summed E-state index contributed by atoms with van der Waals surface area (Å²) in [7, 11) is 1.89. The summed E-state index contributed by atoms with van der Waals surface area (Å²) in [5.74, 6) is 1.99. The average molecular weight is 417 g/mol. The molecule has 1 aromatic heterocycles. The van der Waals surface area contributed by atoms with Crippen LogP contribution in [0.3, 0.4) is 0 Å². The normalized spacial score (nSPS) is 13.5. The third-order valence-corrected chi connectivity index (χ3v) is 6.68. The summed E-state index contributed by atoms with van der Waals surface area (Å²) in [4.78, 5) is 15.8. The van der Waals surface area contributed by atoms with Gasteiger partial charge in [-0.25, -0.2) is 0 Å². The highest BCUT2D eigenvalue weighted by atomic mass is 35.5. The van der Waals surface area contributed by atoms with Crippen LogP contribution in [-0.4, -0.2) is 38.7 Å². The summed E-state index contributed by atoms with van der Waals surface area (Å²) in [6, 6.07) is 15.6. The zero-order valence-electron chi connectivity index (χ0n) is 14.6. The Balaban J connectivity index is 1.49. The third-order valence-electron chi connectivity index (χ3n) is 4.30. The van der Waals surface area contributed by atoms with Crippen molar-refractivity contribution < 1.29 is 4.79 Å². The number of hydrogen-bond donors (Lipinski definition) is 0. The molecule has 0 saturated heterocycles. The van der Waals surface area contributed by atoms with E-state index in [1.54, 1.807) is 11.8 Å². The molecular formula is C19H17ClN4OS2. The van der Waals surface area contributed by atoms with E-state index in [0.29, 0.717) is 21.8 Å². The lowest BCUT2D eigenvalue weighted by Crippen LogP contribution is -2.36. The number of halogens is 1. The number of benzene rings is 2. The predicted molar refractivity (Wildman–Crippen MR) is 112 cm³/mol. The molecule has 0 aliphatic carbocycles. The maximum atomic E-state index is 12.8. The van der Waals surface area contributed by atoms with Gasteiger partial charge in [-0.2, -0.15) is 0 Å². The standard InChI is InChI=1S/C19H17ClN4OS2/c1-23-18(13-6-2-3-7-14(13)20)21-22-19(23)27-12-17(25)24-10-11-26-16-9-5-4-8-15(16)24/h2-9H,10-12H2,1H3. The van der Waals surface area contributed by atoms with Gasteiger partial charge in [0.15, 0.2) is 11.0 Å². The predicted octanol–water partition coefficient (Wildman–Crippen LogP) is 4.37. The van der Waals surface area contributed by atoms with Crippen LogP contribution in [0.1, 0.15) is 0 Å². The minimum atomic E-state index is 0.0787. The fraction of sp³-hybridized carbons (Fsp3) is 0.211. The first-order valence-corrected chi connectivity index (χ1v) is 10.8. The van der Waals surface area contributed by atoms with Gasteiger partial charge in [0.25, 0.3) is 0 Å². The van der Waals surface area contributed by atoms with Gasteiger partial charge in [0, 0.05) is 29.8 Å². The highest BCUT2D eigenvalue weighted by molar-refractivity contribution is 8.00. The Labute approximate surface area is 171 Å². The second kappa shape index (κ2) is 7.96. The lowest BCUT2D eigenvalue weighted by atomic mass is 10.2. The third kappa shape index (κ3) is 3.72. The molecule has 2 heterocycles. The monoisotopic (exact) mass is 416 g/mol. The Bertz CT molecular complexity index is 991. The van der Waals surface area contributed by atoms with E-state index in [-0.39, 0.29) is 5.91 Å². The summed E-state index contributed by atoms with van der Waals surface area (Å²) in [5, 5.41) is 9.81. The summed E-state index contributed by atoms with van der Waals surface area (Å²) in [5.41, 5.74) is 1.82. The van der Waals surface area contributed by atoms with Gasteiger partial charge in [-0.05, 0) is 24.3 Å². The van der Waals surface area contributed by atoms with Gasteiger partial charge < -0.3 is 9.47 Å². The molecule has 0 unspecified atom stereocenters. The molecule has 0 N–H and O–H groups in total. The van der Waals surface area contributed by atoms with Gasteiger partial charge in [-0.3, -0.25) is 4.79 Å². The van der Waals surface area contributed by atoms with Crippen LogP contribution in [-0.2, 0) is 11.8 Å². The van der Waals surface area contributed by atoms with Gasteiger partial charge in [0.05, 0.1) is 16.5 Å². The maximum Gasteiger partial charge on any atom is 0.237 e. The van der Waals surface area contributed by atoms with Gasteiger partial charge >= 0.3 is 0 Å². The van der Waals surface area contributed by atoms with Crippen LogP contribution in [0.15, 0.2) is 58.6 Å². The number of rotatable bonds is 4. The Morgan fingerprint density at radius 3 is 2.81 bits per heavy atom. The molecule has 0 fully saturated rings. The first-order valence-electron chi connectivity index (χ1n) is 8.44. The minimum Gasteiger partial charge on any atom is -0.310 e. The molecule has 1 amide bonds. The number of anilines is 1. The first kappa shape index (κ1) is 18.4. The van der Waals surface area contributed by atoms with Crippen molar-refractivity contribution in [3.05, 3.63) is 53.6 Å². The molecule has 0 atom stereocenters. The van der Waals surface area contributed by atoms with Crippen molar-refractivity contribution in [1.29, 1.82) is 0 Å². The zero-order chi connectivity index (χ0) is 18.8. The number of aromatic nitrogens is 3. The van der Waals surface area contributed by atoms with Crippen molar-refractivity contribution in [1.82, 2.24) is 14.8 Å². The van der Waals surface area contributed by atoms with E-state index in [2.05, 4.69) is 16.3 Å². The number of nitrogens with zero attached hydrogens (tertiary/aromatic N) is 4.